The molecule has 0 spiro atoms. The van der Waals surface area contributed by atoms with Crippen LogP contribution in [0.2, 0.25) is 5.02 Å². The second-order valence-corrected chi connectivity index (χ2v) is 9.67. The number of halogens is 1. The van der Waals surface area contributed by atoms with Gasteiger partial charge in [-0.15, -0.1) is 0 Å². The standard InChI is InChI=1S/C25H33ClN6O4/c1-2-36-22(33)14-28-23(17-6-4-3-5-7-17)25(35)31-11-10-21(31)24(34)29-13-18-12-19(26)8-9-20(18)32-16-27-15-30-32/h8-9,12,15-17,21,23,28H,2-7,10-11,13-14H2,1H3,(H,29,34)/t21-,23+/m0/s1. The van der Waals surface area contributed by atoms with Gasteiger partial charge in [-0.2, -0.15) is 5.10 Å². The lowest BCUT2D eigenvalue weighted by Crippen LogP contribution is -2.63. The van der Waals surface area contributed by atoms with Crippen molar-refractivity contribution in [3.8, 4) is 5.69 Å². The van der Waals surface area contributed by atoms with Crippen molar-refractivity contribution in [1.82, 2.24) is 30.3 Å². The highest BCUT2D eigenvalue weighted by Crippen LogP contribution is 2.29. The quantitative estimate of drug-likeness (QED) is 0.465. The van der Waals surface area contributed by atoms with Gasteiger partial charge < -0.3 is 15.0 Å². The van der Waals surface area contributed by atoms with Crippen molar-refractivity contribution in [3.05, 3.63) is 41.4 Å². The summed E-state index contributed by atoms with van der Waals surface area (Å²) in [6, 6.07) is 4.31. The van der Waals surface area contributed by atoms with Crippen LogP contribution in [0.15, 0.2) is 30.9 Å². The zero-order valence-corrected chi connectivity index (χ0v) is 21.2. The third-order valence-electron chi connectivity index (χ3n) is 6.92. The summed E-state index contributed by atoms with van der Waals surface area (Å²) < 4.78 is 6.64. The highest BCUT2D eigenvalue weighted by molar-refractivity contribution is 6.30. The molecule has 2 amide bonds. The summed E-state index contributed by atoms with van der Waals surface area (Å²) in [5.41, 5.74) is 1.55. The third kappa shape index (κ3) is 6.22. The minimum atomic E-state index is -0.540. The minimum Gasteiger partial charge on any atom is -0.465 e. The van der Waals surface area contributed by atoms with Gasteiger partial charge in [0.05, 0.1) is 24.9 Å². The van der Waals surface area contributed by atoms with Crippen LogP contribution in [0.1, 0.15) is 51.0 Å². The number of amides is 2. The van der Waals surface area contributed by atoms with Crippen molar-refractivity contribution in [2.24, 2.45) is 5.92 Å². The summed E-state index contributed by atoms with van der Waals surface area (Å²) in [5.74, 6) is -0.578. The molecule has 0 radical (unpaired) electrons. The predicted molar refractivity (Wildman–Crippen MR) is 133 cm³/mol. The fraction of sp³-hybridized carbons (Fsp3) is 0.560. The van der Waals surface area contributed by atoms with Gasteiger partial charge in [-0.3, -0.25) is 19.7 Å². The first-order chi connectivity index (χ1) is 17.5. The number of nitrogens with zero attached hydrogens (tertiary/aromatic N) is 4. The van der Waals surface area contributed by atoms with Crippen LogP contribution in [0, 0.1) is 5.92 Å². The summed E-state index contributed by atoms with van der Waals surface area (Å²) in [6.07, 6.45) is 8.75. The minimum absolute atomic E-state index is 0.0225. The van der Waals surface area contributed by atoms with Gasteiger partial charge in [0.15, 0.2) is 0 Å². The first-order valence-electron chi connectivity index (χ1n) is 12.6. The van der Waals surface area contributed by atoms with Crippen LogP contribution in [-0.4, -0.2) is 69.2 Å². The number of esters is 1. The molecule has 194 valence electrons. The molecule has 11 heteroatoms. The van der Waals surface area contributed by atoms with Crippen molar-refractivity contribution < 1.29 is 19.1 Å². The Morgan fingerprint density at radius 2 is 2.00 bits per heavy atom. The number of ether oxygens (including phenoxy) is 1. The molecule has 4 rings (SSSR count). The van der Waals surface area contributed by atoms with Crippen molar-refractivity contribution >= 4 is 29.4 Å². The highest BCUT2D eigenvalue weighted by atomic mass is 35.5. The lowest BCUT2D eigenvalue weighted by atomic mass is 9.82. The maximum absolute atomic E-state index is 13.5. The monoisotopic (exact) mass is 516 g/mol. The average molecular weight is 517 g/mol. The fourth-order valence-corrected chi connectivity index (χ4v) is 5.18. The number of aromatic nitrogens is 3. The molecule has 0 unspecified atom stereocenters. The molecule has 1 saturated heterocycles. The first-order valence-corrected chi connectivity index (χ1v) is 13.0. The fourth-order valence-electron chi connectivity index (χ4n) is 4.98. The molecule has 2 N–H and O–H groups in total. The van der Waals surface area contributed by atoms with E-state index in [0.29, 0.717) is 24.6 Å². The molecule has 2 aliphatic rings. The van der Waals surface area contributed by atoms with E-state index in [0.717, 1.165) is 43.4 Å². The van der Waals surface area contributed by atoms with Gasteiger partial charge in [-0.05, 0) is 55.9 Å². The number of nitrogens with one attached hydrogen (secondary N) is 2. The highest BCUT2D eigenvalue weighted by Gasteiger charge is 2.42. The molecule has 1 aromatic carbocycles. The molecule has 2 fully saturated rings. The van der Waals surface area contributed by atoms with E-state index < -0.39 is 12.1 Å². The second-order valence-electron chi connectivity index (χ2n) is 9.23. The predicted octanol–water partition coefficient (Wildman–Crippen LogP) is 2.24. The van der Waals surface area contributed by atoms with Gasteiger partial charge >= 0.3 is 5.97 Å². The van der Waals surface area contributed by atoms with Crippen molar-refractivity contribution in [1.29, 1.82) is 0 Å². The van der Waals surface area contributed by atoms with E-state index in [4.69, 9.17) is 16.3 Å². The summed E-state index contributed by atoms with van der Waals surface area (Å²) in [4.78, 5) is 44.2. The smallest absolute Gasteiger partial charge is 0.319 e. The summed E-state index contributed by atoms with van der Waals surface area (Å²) >= 11 is 6.19. The number of benzene rings is 1. The van der Waals surface area contributed by atoms with Crippen LogP contribution in [0.5, 0.6) is 0 Å². The van der Waals surface area contributed by atoms with Crippen LogP contribution < -0.4 is 10.6 Å². The first kappa shape index (κ1) is 26.1. The Bertz CT molecular complexity index is 1060. The van der Waals surface area contributed by atoms with E-state index >= 15 is 0 Å². The summed E-state index contributed by atoms with van der Waals surface area (Å²) in [5, 5.41) is 10.8. The van der Waals surface area contributed by atoms with Crippen LogP contribution >= 0.6 is 11.6 Å². The number of hydrogen-bond donors (Lipinski definition) is 2. The maximum atomic E-state index is 13.5. The summed E-state index contributed by atoms with van der Waals surface area (Å²) in [7, 11) is 0. The van der Waals surface area contributed by atoms with E-state index in [1.165, 1.54) is 6.33 Å². The molecular formula is C25H33ClN6O4. The average Bonchev–Trinajstić information content (AvgIpc) is 3.38. The Kier molecular flexibility index (Phi) is 8.93. The summed E-state index contributed by atoms with van der Waals surface area (Å²) in [6.45, 7) is 2.78. The van der Waals surface area contributed by atoms with Crippen LogP contribution in [0.3, 0.4) is 0 Å². The Labute approximate surface area is 215 Å². The largest absolute Gasteiger partial charge is 0.465 e. The van der Waals surface area contributed by atoms with Gasteiger partial charge in [0.25, 0.3) is 0 Å². The second kappa shape index (κ2) is 12.3. The molecule has 1 aliphatic carbocycles. The molecule has 1 aromatic heterocycles. The topological polar surface area (TPSA) is 118 Å². The van der Waals surface area contributed by atoms with E-state index in [1.54, 1.807) is 35.0 Å². The lowest BCUT2D eigenvalue weighted by Gasteiger charge is -2.43. The molecular weight excluding hydrogens is 484 g/mol. The van der Waals surface area contributed by atoms with Crippen LogP contribution in [-0.2, 0) is 25.7 Å². The molecule has 36 heavy (non-hydrogen) atoms. The molecule has 1 saturated carbocycles. The van der Waals surface area contributed by atoms with Crippen molar-refractivity contribution in [2.45, 2.75) is 64.1 Å². The van der Waals surface area contributed by atoms with E-state index in [9.17, 15) is 14.4 Å². The SMILES string of the molecule is CCOC(=O)CN[C@@H](C(=O)N1CC[C@H]1C(=O)NCc1cc(Cl)ccc1-n1cncn1)C1CCCCC1. The number of carbonyl (C=O) groups excluding carboxylic acids is 3. The van der Waals surface area contributed by atoms with Gasteiger partial charge in [-0.25, -0.2) is 9.67 Å². The van der Waals surface area contributed by atoms with Gasteiger partial charge in [0.2, 0.25) is 11.8 Å². The molecule has 1 aliphatic heterocycles. The van der Waals surface area contributed by atoms with Crippen LogP contribution in [0.4, 0.5) is 0 Å². The zero-order chi connectivity index (χ0) is 25.5. The van der Waals surface area contributed by atoms with E-state index in [1.807, 2.05) is 6.07 Å². The number of rotatable bonds is 10. The molecule has 2 aromatic rings. The molecule has 2 heterocycles. The van der Waals surface area contributed by atoms with Crippen molar-refractivity contribution in [3.63, 3.8) is 0 Å². The molecule has 2 atom stereocenters. The van der Waals surface area contributed by atoms with Gasteiger partial charge in [0, 0.05) is 18.1 Å². The van der Waals surface area contributed by atoms with Gasteiger partial charge in [0.1, 0.15) is 18.7 Å². The van der Waals surface area contributed by atoms with Crippen LogP contribution in [0.25, 0.3) is 5.69 Å². The number of hydrogen-bond acceptors (Lipinski definition) is 7. The molecule has 10 nitrogen and oxygen atoms in total. The van der Waals surface area contributed by atoms with Crippen molar-refractivity contribution in [2.75, 3.05) is 19.7 Å². The number of carbonyl (C=O) groups is 3. The Morgan fingerprint density at radius 3 is 2.67 bits per heavy atom. The maximum Gasteiger partial charge on any atom is 0.319 e. The Balaban J connectivity index is 1.40. The van der Waals surface area contributed by atoms with E-state index in [2.05, 4.69) is 20.7 Å². The third-order valence-corrected chi connectivity index (χ3v) is 7.16. The van der Waals surface area contributed by atoms with E-state index in [-0.39, 0.29) is 36.8 Å². The Morgan fingerprint density at radius 1 is 1.19 bits per heavy atom. The number of likely N-dealkylation sites (tertiary alicyclic amines) is 1. The Hall–Kier alpha value is -2.98. The molecule has 0 bridgehead atoms. The van der Waals surface area contributed by atoms with Gasteiger partial charge in [-0.1, -0.05) is 30.9 Å². The zero-order valence-electron chi connectivity index (χ0n) is 20.5. The lowest BCUT2D eigenvalue weighted by molar-refractivity contribution is -0.151. The normalized spacial score (nSPS) is 18.8.